The topological polar surface area (TPSA) is 49.9 Å². The number of hydrogen-bond acceptors (Lipinski definition) is 3. The van der Waals surface area contributed by atoms with E-state index in [1.807, 2.05) is 30.6 Å². The van der Waals surface area contributed by atoms with Crippen LogP contribution in [0.2, 0.25) is 0 Å². The molecule has 1 unspecified atom stereocenters. The first-order valence-electron chi connectivity index (χ1n) is 7.09. The second kappa shape index (κ2) is 5.49. The van der Waals surface area contributed by atoms with Crippen LogP contribution < -0.4 is 0 Å². The van der Waals surface area contributed by atoms with Crippen LogP contribution in [0.25, 0.3) is 0 Å². The molecular weight excluding hydrogens is 244 g/mol. The smallest absolute Gasteiger partial charge is 0.251 e. The maximum atomic E-state index is 12.2. The molecule has 0 spiro atoms. The lowest BCUT2D eigenvalue weighted by atomic mass is 9.94. The first-order chi connectivity index (χ1) is 8.89. The summed E-state index contributed by atoms with van der Waals surface area (Å²) in [6, 6.07) is 0. The number of amides is 2. The highest BCUT2D eigenvalue weighted by molar-refractivity contribution is 5.83. The Morgan fingerprint density at radius 3 is 2.11 bits per heavy atom. The molecule has 108 valence electrons. The van der Waals surface area contributed by atoms with Crippen LogP contribution in [0.15, 0.2) is 0 Å². The van der Waals surface area contributed by atoms with Crippen molar-refractivity contribution >= 4 is 11.8 Å². The third-order valence-corrected chi connectivity index (χ3v) is 3.73. The highest BCUT2D eigenvalue weighted by Crippen LogP contribution is 2.20. The molecule has 2 heterocycles. The highest BCUT2D eigenvalue weighted by Gasteiger charge is 2.33. The van der Waals surface area contributed by atoms with Gasteiger partial charge in [0.25, 0.3) is 5.91 Å². The minimum absolute atomic E-state index is 0.0976. The van der Waals surface area contributed by atoms with Gasteiger partial charge in [0.2, 0.25) is 5.91 Å². The van der Waals surface area contributed by atoms with E-state index in [0.29, 0.717) is 32.8 Å². The van der Waals surface area contributed by atoms with Crippen molar-refractivity contribution in [2.75, 3.05) is 32.8 Å². The van der Waals surface area contributed by atoms with E-state index in [-0.39, 0.29) is 23.3 Å². The Hall–Kier alpha value is -1.10. The van der Waals surface area contributed by atoms with Gasteiger partial charge in [0, 0.05) is 38.2 Å². The molecule has 0 aromatic rings. The molecule has 2 amide bonds. The Labute approximate surface area is 114 Å². The van der Waals surface area contributed by atoms with Gasteiger partial charge in [0.05, 0.1) is 0 Å². The molecule has 0 aromatic heterocycles. The third kappa shape index (κ3) is 3.26. The molecule has 0 N–H and O–H groups in total. The van der Waals surface area contributed by atoms with Crippen molar-refractivity contribution in [2.45, 2.75) is 39.7 Å². The second-order valence-electron chi connectivity index (χ2n) is 6.37. The van der Waals surface area contributed by atoms with Crippen LogP contribution in [0.1, 0.15) is 33.6 Å². The molecule has 19 heavy (non-hydrogen) atoms. The summed E-state index contributed by atoms with van der Waals surface area (Å²) >= 11 is 0. The van der Waals surface area contributed by atoms with Crippen molar-refractivity contribution in [3.63, 3.8) is 0 Å². The molecule has 0 saturated carbocycles. The number of piperazine rings is 1. The van der Waals surface area contributed by atoms with Gasteiger partial charge in [0.1, 0.15) is 6.10 Å². The van der Waals surface area contributed by atoms with Crippen LogP contribution in [-0.2, 0) is 14.3 Å². The summed E-state index contributed by atoms with van der Waals surface area (Å²) in [5.74, 6) is 0.261. The van der Waals surface area contributed by atoms with Crippen molar-refractivity contribution in [3.05, 3.63) is 0 Å². The predicted molar refractivity (Wildman–Crippen MR) is 71.6 cm³/mol. The summed E-state index contributed by atoms with van der Waals surface area (Å²) < 4.78 is 5.42. The Morgan fingerprint density at radius 2 is 1.63 bits per heavy atom. The first-order valence-corrected chi connectivity index (χ1v) is 7.09. The lowest BCUT2D eigenvalue weighted by Gasteiger charge is -2.38. The normalized spacial score (nSPS) is 24.7. The fourth-order valence-electron chi connectivity index (χ4n) is 2.58. The molecule has 0 bridgehead atoms. The van der Waals surface area contributed by atoms with Crippen LogP contribution >= 0.6 is 0 Å². The average Bonchev–Trinajstić information content (AvgIpc) is 2.90. The van der Waals surface area contributed by atoms with Gasteiger partial charge in [-0.3, -0.25) is 9.59 Å². The van der Waals surface area contributed by atoms with E-state index < -0.39 is 0 Å². The zero-order chi connectivity index (χ0) is 14.0. The molecule has 0 aromatic carbocycles. The molecule has 0 aliphatic carbocycles. The van der Waals surface area contributed by atoms with Crippen LogP contribution in [-0.4, -0.2) is 60.5 Å². The number of carbonyl (C=O) groups is 2. The lowest BCUT2D eigenvalue weighted by Crippen LogP contribution is -2.54. The molecule has 2 aliphatic rings. The molecule has 2 fully saturated rings. The van der Waals surface area contributed by atoms with Gasteiger partial charge in [0.15, 0.2) is 0 Å². The van der Waals surface area contributed by atoms with E-state index >= 15 is 0 Å². The number of nitrogens with zero attached hydrogens (tertiary/aromatic N) is 2. The average molecular weight is 268 g/mol. The quantitative estimate of drug-likeness (QED) is 0.709. The number of ether oxygens (including phenoxy) is 1. The predicted octanol–water partition coefficient (Wildman–Crippen LogP) is 0.882. The summed E-state index contributed by atoms with van der Waals surface area (Å²) in [5.41, 5.74) is -0.346. The molecule has 5 nitrogen and oxygen atoms in total. The summed E-state index contributed by atoms with van der Waals surface area (Å²) in [6.07, 6.45) is 1.56. The minimum atomic E-state index is -0.346. The summed E-state index contributed by atoms with van der Waals surface area (Å²) in [7, 11) is 0. The monoisotopic (exact) mass is 268 g/mol. The highest BCUT2D eigenvalue weighted by atomic mass is 16.5. The first kappa shape index (κ1) is 14.3. The maximum absolute atomic E-state index is 12.2. The van der Waals surface area contributed by atoms with Crippen LogP contribution in [0.5, 0.6) is 0 Å². The molecule has 2 rings (SSSR count). The number of hydrogen-bond donors (Lipinski definition) is 0. The fourth-order valence-corrected chi connectivity index (χ4v) is 2.58. The van der Waals surface area contributed by atoms with Crippen LogP contribution in [0, 0.1) is 5.41 Å². The molecule has 5 heteroatoms. The molecular formula is C14H24N2O3. The molecule has 0 radical (unpaired) electrons. The van der Waals surface area contributed by atoms with Crippen LogP contribution in [0.3, 0.4) is 0 Å². The zero-order valence-corrected chi connectivity index (χ0v) is 12.1. The Kier molecular flexibility index (Phi) is 4.13. The molecule has 2 saturated heterocycles. The van der Waals surface area contributed by atoms with Gasteiger partial charge >= 0.3 is 0 Å². The van der Waals surface area contributed by atoms with E-state index in [1.54, 1.807) is 0 Å². The van der Waals surface area contributed by atoms with Crippen molar-refractivity contribution in [3.8, 4) is 0 Å². The molecule has 1 atom stereocenters. The second-order valence-corrected chi connectivity index (χ2v) is 6.37. The number of carbonyl (C=O) groups excluding carboxylic acids is 2. The van der Waals surface area contributed by atoms with Crippen molar-refractivity contribution in [1.29, 1.82) is 0 Å². The van der Waals surface area contributed by atoms with E-state index in [1.165, 1.54) is 0 Å². The third-order valence-electron chi connectivity index (χ3n) is 3.73. The Bertz CT molecular complexity index is 348. The van der Waals surface area contributed by atoms with Gasteiger partial charge in [-0.25, -0.2) is 0 Å². The van der Waals surface area contributed by atoms with Gasteiger partial charge < -0.3 is 14.5 Å². The summed E-state index contributed by atoms with van der Waals surface area (Å²) in [6.45, 7) is 9.00. The van der Waals surface area contributed by atoms with E-state index in [4.69, 9.17) is 4.74 Å². The fraction of sp³-hybridized carbons (Fsp3) is 0.857. The van der Waals surface area contributed by atoms with E-state index in [2.05, 4.69) is 0 Å². The largest absolute Gasteiger partial charge is 0.368 e. The van der Waals surface area contributed by atoms with Crippen molar-refractivity contribution in [2.24, 2.45) is 5.41 Å². The lowest BCUT2D eigenvalue weighted by molar-refractivity contribution is -0.148. The summed E-state index contributed by atoms with van der Waals surface area (Å²) in [5, 5.41) is 0. The minimum Gasteiger partial charge on any atom is -0.368 e. The maximum Gasteiger partial charge on any atom is 0.251 e. The Balaban J connectivity index is 1.85. The Morgan fingerprint density at radius 1 is 1.05 bits per heavy atom. The van der Waals surface area contributed by atoms with Gasteiger partial charge in [-0.05, 0) is 12.8 Å². The van der Waals surface area contributed by atoms with Crippen molar-refractivity contribution in [1.82, 2.24) is 9.80 Å². The summed E-state index contributed by atoms with van der Waals surface area (Å²) in [4.78, 5) is 28.0. The van der Waals surface area contributed by atoms with Gasteiger partial charge in [-0.1, -0.05) is 20.8 Å². The van der Waals surface area contributed by atoms with E-state index in [9.17, 15) is 9.59 Å². The van der Waals surface area contributed by atoms with E-state index in [0.717, 1.165) is 12.8 Å². The standard InChI is InChI=1S/C14H24N2O3/c1-14(2,3)13(18)16-8-6-15(7-9-16)12(17)11-5-4-10-19-11/h11H,4-10H2,1-3H3. The molecule has 2 aliphatic heterocycles. The zero-order valence-electron chi connectivity index (χ0n) is 12.1. The van der Waals surface area contributed by atoms with Crippen LogP contribution in [0.4, 0.5) is 0 Å². The van der Waals surface area contributed by atoms with Gasteiger partial charge in [-0.15, -0.1) is 0 Å². The van der Waals surface area contributed by atoms with Crippen molar-refractivity contribution < 1.29 is 14.3 Å². The SMILES string of the molecule is CC(C)(C)C(=O)N1CCN(C(=O)C2CCCO2)CC1. The van der Waals surface area contributed by atoms with Gasteiger partial charge in [-0.2, -0.15) is 0 Å². The number of rotatable bonds is 1.